The van der Waals surface area contributed by atoms with Crippen LogP contribution < -0.4 is 3.26 Å². The number of carbonyl (C=O) groups is 1. The van der Waals surface area contributed by atoms with Crippen molar-refractivity contribution in [2.75, 3.05) is 16.4 Å². The third-order valence-corrected chi connectivity index (χ3v) is 5.20. The van der Waals surface area contributed by atoms with Crippen LogP contribution in [0.3, 0.4) is 0 Å². The van der Waals surface area contributed by atoms with Crippen LogP contribution in [0.5, 0.6) is 0 Å². The Morgan fingerprint density at radius 2 is 2.03 bits per heavy atom. The first-order chi connectivity index (χ1) is 14.7. The van der Waals surface area contributed by atoms with E-state index in [1.54, 1.807) is 15.8 Å². The van der Waals surface area contributed by atoms with Crippen LogP contribution in [0.4, 0.5) is 10.6 Å². The summed E-state index contributed by atoms with van der Waals surface area (Å²) in [5, 5.41) is 4.17. The van der Waals surface area contributed by atoms with Gasteiger partial charge in [-0.05, 0) is 34.1 Å². The predicted octanol–water partition coefficient (Wildman–Crippen LogP) is 3.58. The van der Waals surface area contributed by atoms with Crippen molar-refractivity contribution < 1.29 is 34.5 Å². The normalized spacial score (nSPS) is 14.0. The second kappa shape index (κ2) is 9.77. The van der Waals surface area contributed by atoms with Crippen LogP contribution in [0.2, 0.25) is 0 Å². The summed E-state index contributed by atoms with van der Waals surface area (Å²) in [6, 6.07) is 0. The zero-order chi connectivity index (χ0) is 22.6. The Morgan fingerprint density at radius 3 is 2.65 bits per heavy atom. The Hall–Kier alpha value is -2.48. The van der Waals surface area contributed by atoms with Gasteiger partial charge < -0.3 is 9.64 Å². The minimum absolute atomic E-state index is 0.204. The third kappa shape index (κ3) is 6.03. The van der Waals surface area contributed by atoms with Crippen molar-refractivity contribution in [1.82, 2.24) is 29.0 Å². The number of amides is 1. The standard InChI is InChI=1S/C11H19NO2.C10H9AtN6/c1-9-6-5-7-12(8-9)10(13)14-11(2,3)4;1-16-6-7(4-14-16)8-5-13-10-9(15-11)12-2-3-17(8)10/h6H,5,7-8H2,1-4H3;2-6H,1H3,(H,12,15). The van der Waals surface area contributed by atoms with E-state index in [0.717, 1.165) is 35.7 Å². The molecule has 0 atom stereocenters. The molecule has 0 saturated heterocycles. The number of hydrogen-bond acceptors (Lipinski definition) is 6. The van der Waals surface area contributed by atoms with E-state index < -0.39 is 5.60 Å². The van der Waals surface area contributed by atoms with Gasteiger partial charge in [-0.1, -0.05) is 11.6 Å². The van der Waals surface area contributed by atoms with E-state index in [1.807, 2.05) is 63.9 Å². The fourth-order valence-corrected chi connectivity index (χ4v) is 3.66. The monoisotopic (exact) mass is 620 g/mol. The first kappa shape index (κ1) is 23.2. The second-order valence-corrected chi connectivity index (χ2v) is 9.09. The predicted molar refractivity (Wildman–Crippen MR) is 115 cm³/mol. The molecule has 4 heterocycles. The number of aryl methyl sites for hydroxylation is 1. The summed E-state index contributed by atoms with van der Waals surface area (Å²) in [6.07, 6.45) is 12.2. The van der Waals surface area contributed by atoms with Crippen LogP contribution in [-0.2, 0) is 11.8 Å². The summed E-state index contributed by atoms with van der Waals surface area (Å²) < 4.78 is 12.1. The van der Waals surface area contributed by atoms with Gasteiger partial charge in [0.1, 0.15) is 5.60 Å². The van der Waals surface area contributed by atoms with Crippen molar-refractivity contribution in [2.24, 2.45) is 7.05 Å². The van der Waals surface area contributed by atoms with E-state index in [1.165, 1.54) is 30.6 Å². The topological polar surface area (TPSA) is 89.6 Å². The zero-order valence-corrected chi connectivity index (χ0v) is 21.4. The molecule has 0 radical (unpaired) electrons. The molecule has 10 heteroatoms. The summed E-state index contributed by atoms with van der Waals surface area (Å²) in [6.45, 7) is 9.17. The van der Waals surface area contributed by atoms with Gasteiger partial charge in [0.15, 0.2) is 0 Å². The Labute approximate surface area is 197 Å². The van der Waals surface area contributed by atoms with Gasteiger partial charge in [0.05, 0.1) is 0 Å². The number of nitrogens with zero attached hydrogens (tertiary/aromatic N) is 6. The summed E-state index contributed by atoms with van der Waals surface area (Å²) >= 11 is 1.44. The van der Waals surface area contributed by atoms with Crippen molar-refractivity contribution >= 4 is 17.6 Å². The first-order valence-electron chi connectivity index (χ1n) is 9.99. The quantitative estimate of drug-likeness (QED) is 0.441. The van der Waals surface area contributed by atoms with Gasteiger partial charge in [0.25, 0.3) is 0 Å². The van der Waals surface area contributed by atoms with Gasteiger partial charge in [0, 0.05) is 13.1 Å². The van der Waals surface area contributed by atoms with Crippen LogP contribution in [0.15, 0.2) is 42.6 Å². The van der Waals surface area contributed by atoms with E-state index in [9.17, 15) is 4.79 Å². The van der Waals surface area contributed by atoms with Crippen LogP contribution in [-0.4, -0.2) is 53.8 Å². The molecule has 166 valence electrons. The van der Waals surface area contributed by atoms with Gasteiger partial charge in [-0.15, -0.1) is 0 Å². The maximum atomic E-state index is 11.6. The number of fused-ring (bicyclic) bond motifs is 1. The molecule has 0 saturated carbocycles. The molecule has 1 aliphatic heterocycles. The summed E-state index contributed by atoms with van der Waals surface area (Å²) in [7, 11) is 1.90. The zero-order valence-electron chi connectivity index (χ0n) is 18.5. The molecular formula is C21H28AtN7O2. The minimum atomic E-state index is -0.397. The van der Waals surface area contributed by atoms with Crippen molar-refractivity contribution in [3.8, 4) is 11.3 Å². The Kier molecular flexibility index (Phi) is 7.31. The number of hydrogen-bond donors (Lipinski definition) is 1. The van der Waals surface area contributed by atoms with Gasteiger partial charge >= 0.3 is 119 Å². The van der Waals surface area contributed by atoms with Gasteiger partial charge in [-0.3, -0.25) is 0 Å². The fourth-order valence-electron chi connectivity index (χ4n) is 3.15. The first-order valence-corrected chi connectivity index (χ1v) is 11.5. The van der Waals surface area contributed by atoms with Gasteiger partial charge in [-0.2, -0.15) is 0 Å². The van der Waals surface area contributed by atoms with E-state index in [0.29, 0.717) is 6.54 Å². The number of ether oxygens (including phenoxy) is 1. The fraction of sp³-hybridized carbons (Fsp3) is 0.429. The summed E-state index contributed by atoms with van der Waals surface area (Å²) in [5.74, 6) is 0.791. The number of aromatic nitrogens is 5. The number of anilines is 1. The van der Waals surface area contributed by atoms with Gasteiger partial charge in [0.2, 0.25) is 0 Å². The van der Waals surface area contributed by atoms with Crippen molar-refractivity contribution in [3.63, 3.8) is 0 Å². The molecule has 4 rings (SSSR count). The van der Waals surface area contributed by atoms with E-state index in [-0.39, 0.29) is 6.09 Å². The van der Waals surface area contributed by atoms with Crippen molar-refractivity contribution in [3.05, 3.63) is 42.6 Å². The van der Waals surface area contributed by atoms with Crippen molar-refractivity contribution in [2.45, 2.75) is 39.7 Å². The Morgan fingerprint density at radius 1 is 1.26 bits per heavy atom. The summed E-state index contributed by atoms with van der Waals surface area (Å²) in [5.41, 5.74) is 3.72. The number of rotatable bonds is 2. The number of nitrogens with one attached hydrogen (secondary N) is 1. The number of imidazole rings is 1. The molecule has 0 fully saturated rings. The van der Waals surface area contributed by atoms with Crippen LogP contribution >= 0.6 is 0 Å². The van der Waals surface area contributed by atoms with E-state index in [2.05, 4.69) is 24.4 Å². The number of carbonyl (C=O) groups excluding carboxylic acids is 1. The molecular weight excluding hydrogens is 592 g/mol. The average Bonchev–Trinajstić information content (AvgIpc) is 3.33. The van der Waals surface area contributed by atoms with Crippen LogP contribution in [0.25, 0.3) is 16.9 Å². The molecule has 0 bridgehead atoms. The summed E-state index contributed by atoms with van der Waals surface area (Å²) in [4.78, 5) is 22.0. The molecule has 31 heavy (non-hydrogen) atoms. The van der Waals surface area contributed by atoms with E-state index in [4.69, 9.17) is 4.74 Å². The maximum absolute atomic E-state index is 11.6. The molecule has 1 N–H and O–H groups in total. The third-order valence-electron chi connectivity index (χ3n) is 4.50. The molecule has 0 aliphatic carbocycles. The van der Waals surface area contributed by atoms with Crippen molar-refractivity contribution in [1.29, 1.82) is 0 Å². The van der Waals surface area contributed by atoms with Crippen LogP contribution in [0, 0.1) is 25.0 Å². The second-order valence-electron chi connectivity index (χ2n) is 8.35. The molecule has 1 aliphatic rings. The van der Waals surface area contributed by atoms with Crippen LogP contribution in [0.1, 0.15) is 34.1 Å². The molecule has 0 unspecified atom stereocenters. The Balaban J connectivity index is 0.000000180. The SMILES string of the molecule is CC1=CCCN(C(=O)OC(C)(C)C)C1.Cn1cc(-c2cnc3c(N[At])nccn23)cn1. The Bertz CT molecular complexity index is 1080. The molecule has 3 aromatic rings. The molecule has 9 nitrogen and oxygen atoms in total. The molecule has 3 aromatic heterocycles. The molecule has 0 spiro atoms. The van der Waals surface area contributed by atoms with E-state index >= 15 is 0 Å². The molecule has 1 amide bonds. The van der Waals surface area contributed by atoms with Gasteiger partial charge in [-0.25, -0.2) is 4.79 Å². The average molecular weight is 621 g/mol. The molecule has 0 aromatic carbocycles.